The van der Waals surface area contributed by atoms with E-state index in [0.29, 0.717) is 45.4 Å². The lowest BCUT2D eigenvalue weighted by Gasteiger charge is -2.53. The quantitative estimate of drug-likeness (QED) is 0.408. The number of carbonyl (C=O) groups is 1. The third-order valence-corrected chi connectivity index (χ3v) is 8.32. The van der Waals surface area contributed by atoms with Gasteiger partial charge < -0.3 is 9.88 Å². The number of nitrogens with zero attached hydrogens (tertiary/aromatic N) is 7. The van der Waals surface area contributed by atoms with Gasteiger partial charge in [-0.2, -0.15) is 23.5 Å². The highest BCUT2D eigenvalue weighted by atomic mass is 32.1. The van der Waals surface area contributed by atoms with E-state index in [1.165, 1.54) is 0 Å². The molecule has 4 aromatic heterocycles. The normalized spacial score (nSPS) is 18.4. The van der Waals surface area contributed by atoms with Gasteiger partial charge in [0.25, 0.3) is 5.91 Å². The smallest absolute Gasteiger partial charge is 0.346 e. The Morgan fingerprint density at radius 2 is 2.05 bits per heavy atom. The maximum absolute atomic E-state index is 12.9. The Morgan fingerprint density at radius 3 is 2.76 bits per heavy atom. The van der Waals surface area contributed by atoms with Crippen LogP contribution in [0.15, 0.2) is 42.3 Å². The molecule has 0 bridgehead atoms. The van der Waals surface area contributed by atoms with E-state index in [-0.39, 0.29) is 11.0 Å². The molecule has 9 nitrogen and oxygen atoms in total. The van der Waals surface area contributed by atoms with Crippen LogP contribution in [-0.2, 0) is 11.7 Å². The number of hydrogen-bond acceptors (Lipinski definition) is 7. The summed E-state index contributed by atoms with van der Waals surface area (Å²) in [5.41, 5.74) is 1.32. The van der Waals surface area contributed by atoms with Gasteiger partial charge in [0.05, 0.1) is 18.7 Å². The summed E-state index contributed by atoms with van der Waals surface area (Å²) in [5, 5.41) is 16.0. The number of pyridine rings is 1. The van der Waals surface area contributed by atoms with Crippen LogP contribution in [-0.4, -0.2) is 72.7 Å². The molecule has 38 heavy (non-hydrogen) atoms. The molecule has 6 heterocycles. The average Bonchev–Trinajstić information content (AvgIpc) is 3.65. The first-order chi connectivity index (χ1) is 18.3. The van der Waals surface area contributed by atoms with Crippen molar-refractivity contribution in [3.63, 3.8) is 0 Å². The standard InChI is InChI=1S/C25H23F3N8OS/c26-25(27,28)20-13-38-22(33-20)23(37)34-9-3-17(4-10-34)35-14-24(15-35,5-6-29)36-12-16(11-32-36)18-1-7-30-21-19(18)2-8-31-21/h1-2,7-8,11-13,17H,3-5,9-10,14-15H2,(H,30,31). The first kappa shape index (κ1) is 24.6. The highest BCUT2D eigenvalue weighted by Crippen LogP contribution is 2.38. The summed E-state index contributed by atoms with van der Waals surface area (Å²) in [4.78, 5) is 27.5. The molecule has 0 unspecified atom stereocenters. The minimum atomic E-state index is -4.56. The molecule has 2 aliphatic rings. The number of piperidine rings is 1. The van der Waals surface area contributed by atoms with Gasteiger partial charge in [-0.3, -0.25) is 14.4 Å². The van der Waals surface area contributed by atoms with E-state index in [0.717, 1.165) is 38.9 Å². The molecule has 0 aromatic carbocycles. The van der Waals surface area contributed by atoms with Gasteiger partial charge in [-0.25, -0.2) is 9.97 Å². The molecule has 2 aliphatic heterocycles. The number of aromatic amines is 1. The number of nitriles is 1. The number of H-pyrrole nitrogens is 1. The number of amides is 1. The summed E-state index contributed by atoms with van der Waals surface area (Å²) in [5.74, 6) is -0.455. The Kier molecular flexibility index (Phi) is 5.96. The molecule has 4 aromatic rings. The van der Waals surface area contributed by atoms with Crippen LogP contribution in [0, 0.1) is 11.3 Å². The molecule has 0 aliphatic carbocycles. The number of likely N-dealkylation sites (tertiary alicyclic amines) is 2. The molecule has 13 heteroatoms. The summed E-state index contributed by atoms with van der Waals surface area (Å²) in [6.45, 7) is 2.23. The van der Waals surface area contributed by atoms with E-state index in [1.807, 2.05) is 35.4 Å². The van der Waals surface area contributed by atoms with Gasteiger partial charge in [0, 0.05) is 67.1 Å². The van der Waals surface area contributed by atoms with Crippen molar-refractivity contribution in [3.05, 3.63) is 53.0 Å². The van der Waals surface area contributed by atoms with Crippen LogP contribution in [0.5, 0.6) is 0 Å². The van der Waals surface area contributed by atoms with E-state index < -0.39 is 23.3 Å². The van der Waals surface area contributed by atoms with E-state index in [4.69, 9.17) is 0 Å². The molecule has 6 rings (SSSR count). The van der Waals surface area contributed by atoms with Crippen LogP contribution in [0.25, 0.3) is 22.2 Å². The number of fused-ring (bicyclic) bond motifs is 1. The van der Waals surface area contributed by atoms with Gasteiger partial charge in [0.1, 0.15) is 11.2 Å². The zero-order valence-corrected chi connectivity index (χ0v) is 21.0. The molecule has 0 atom stereocenters. The van der Waals surface area contributed by atoms with Crippen molar-refractivity contribution in [2.75, 3.05) is 26.2 Å². The average molecular weight is 541 g/mol. The summed E-state index contributed by atoms with van der Waals surface area (Å²) in [6.07, 6.45) is 4.58. The van der Waals surface area contributed by atoms with Crippen LogP contribution < -0.4 is 0 Å². The molecular weight excluding hydrogens is 517 g/mol. The maximum Gasteiger partial charge on any atom is 0.434 e. The fourth-order valence-corrected chi connectivity index (χ4v) is 6.25. The minimum absolute atomic E-state index is 0.131. The Bertz CT molecular complexity index is 1520. The number of nitrogens with one attached hydrogen (secondary N) is 1. The summed E-state index contributed by atoms with van der Waals surface area (Å²) < 4.78 is 40.5. The Labute approximate surface area is 219 Å². The van der Waals surface area contributed by atoms with Crippen molar-refractivity contribution in [2.24, 2.45) is 0 Å². The highest BCUT2D eigenvalue weighted by Gasteiger charge is 2.48. The molecule has 0 saturated carbocycles. The second-order valence-electron chi connectivity index (χ2n) is 9.80. The van der Waals surface area contributed by atoms with Gasteiger partial charge in [-0.15, -0.1) is 11.3 Å². The lowest BCUT2D eigenvalue weighted by Crippen LogP contribution is -2.66. The first-order valence-corrected chi connectivity index (χ1v) is 13.1. The van der Waals surface area contributed by atoms with E-state index in [1.54, 1.807) is 11.1 Å². The van der Waals surface area contributed by atoms with Crippen LogP contribution in [0.4, 0.5) is 13.2 Å². The van der Waals surface area contributed by atoms with Crippen molar-refractivity contribution in [3.8, 4) is 17.2 Å². The van der Waals surface area contributed by atoms with Crippen molar-refractivity contribution in [1.82, 2.24) is 34.5 Å². The monoisotopic (exact) mass is 540 g/mol. The zero-order chi connectivity index (χ0) is 26.5. The van der Waals surface area contributed by atoms with Gasteiger partial charge in [0.15, 0.2) is 10.7 Å². The fourth-order valence-electron chi connectivity index (χ4n) is 5.46. The van der Waals surface area contributed by atoms with Gasteiger partial charge in [0.2, 0.25) is 0 Å². The molecule has 0 spiro atoms. The predicted molar refractivity (Wildman–Crippen MR) is 133 cm³/mol. The van der Waals surface area contributed by atoms with Crippen molar-refractivity contribution < 1.29 is 18.0 Å². The summed E-state index contributed by atoms with van der Waals surface area (Å²) >= 11 is 0.727. The van der Waals surface area contributed by atoms with Crippen LogP contribution >= 0.6 is 11.3 Å². The number of alkyl halides is 3. The number of halogens is 3. The van der Waals surface area contributed by atoms with Crippen molar-refractivity contribution in [2.45, 2.75) is 37.0 Å². The van der Waals surface area contributed by atoms with Gasteiger partial charge >= 0.3 is 6.18 Å². The first-order valence-electron chi connectivity index (χ1n) is 12.2. The number of hydrogen-bond donors (Lipinski definition) is 1. The number of rotatable bonds is 5. The molecule has 1 amide bonds. The lowest BCUT2D eigenvalue weighted by atomic mass is 9.83. The van der Waals surface area contributed by atoms with Gasteiger partial charge in [-0.1, -0.05) is 0 Å². The molecule has 0 radical (unpaired) electrons. The van der Waals surface area contributed by atoms with Crippen LogP contribution in [0.3, 0.4) is 0 Å². The second-order valence-corrected chi connectivity index (χ2v) is 10.7. The van der Waals surface area contributed by atoms with Crippen LogP contribution in [0.2, 0.25) is 0 Å². The van der Waals surface area contributed by atoms with Gasteiger partial charge in [-0.05, 0) is 30.5 Å². The summed E-state index contributed by atoms with van der Waals surface area (Å²) in [7, 11) is 0. The molecule has 2 fully saturated rings. The molecule has 2 saturated heterocycles. The van der Waals surface area contributed by atoms with Crippen LogP contribution in [0.1, 0.15) is 34.8 Å². The van der Waals surface area contributed by atoms with E-state index in [9.17, 15) is 23.2 Å². The van der Waals surface area contributed by atoms with Crippen molar-refractivity contribution in [1.29, 1.82) is 5.26 Å². The number of thiazole rings is 1. The predicted octanol–water partition coefficient (Wildman–Crippen LogP) is 4.13. The van der Waals surface area contributed by atoms with E-state index in [2.05, 4.69) is 31.0 Å². The lowest BCUT2D eigenvalue weighted by molar-refractivity contribution is -0.140. The Morgan fingerprint density at radius 1 is 1.26 bits per heavy atom. The zero-order valence-electron chi connectivity index (χ0n) is 20.1. The number of aromatic nitrogens is 5. The SMILES string of the molecule is N#CCC1(n2cc(-c3ccnc4[nH]ccc34)cn2)CN(C2CCN(C(=O)c3nc(C(F)(F)F)cs3)CC2)C1. The minimum Gasteiger partial charge on any atom is -0.346 e. The molecule has 1 N–H and O–H groups in total. The topological polar surface area (TPSA) is 107 Å². The third kappa shape index (κ3) is 4.23. The maximum atomic E-state index is 12.9. The second kappa shape index (κ2) is 9.21. The number of carbonyl (C=O) groups excluding carboxylic acids is 1. The highest BCUT2D eigenvalue weighted by molar-refractivity contribution is 7.11. The summed E-state index contributed by atoms with van der Waals surface area (Å²) in [6, 6.07) is 6.47. The molecule has 196 valence electrons. The fraction of sp³-hybridized carbons (Fsp3) is 0.400. The Balaban J connectivity index is 1.10. The molecular formula is C25H23F3N8OS. The Hall–Kier alpha value is -3.76. The van der Waals surface area contributed by atoms with Crippen molar-refractivity contribution >= 4 is 28.3 Å². The largest absolute Gasteiger partial charge is 0.434 e. The third-order valence-electron chi connectivity index (χ3n) is 7.49. The van der Waals surface area contributed by atoms with E-state index >= 15 is 0 Å².